The van der Waals surface area contributed by atoms with Crippen LogP contribution in [0.4, 0.5) is 17.3 Å². The molecule has 1 aliphatic rings. The maximum Gasteiger partial charge on any atom is 0.305 e. The van der Waals surface area contributed by atoms with E-state index in [9.17, 15) is 18.5 Å². The van der Waals surface area contributed by atoms with Crippen LogP contribution in [0.5, 0.6) is 0 Å². The number of nitrogens with zero attached hydrogens (tertiary/aromatic N) is 4. The highest BCUT2D eigenvalue weighted by Crippen LogP contribution is 2.17. The molecule has 1 saturated heterocycles. The van der Waals surface area contributed by atoms with Crippen LogP contribution in [0.1, 0.15) is 12.8 Å². The topological polar surface area (TPSA) is 130 Å². The molecule has 144 valence electrons. The highest BCUT2D eigenvalue weighted by Gasteiger charge is 2.16. The Morgan fingerprint density at radius 2 is 1.74 bits per heavy atom. The fourth-order valence-corrected chi connectivity index (χ4v) is 3.78. The second-order valence-electron chi connectivity index (χ2n) is 6.12. The number of likely N-dealkylation sites (tertiary alicyclic amines) is 1. The summed E-state index contributed by atoms with van der Waals surface area (Å²) in [5.41, 5.74) is 0.363. The molecule has 0 spiro atoms. The van der Waals surface area contributed by atoms with Crippen molar-refractivity contribution in [1.29, 1.82) is 0 Å². The monoisotopic (exact) mass is 392 g/mol. The molecule has 0 atom stereocenters. The van der Waals surface area contributed by atoms with E-state index in [-0.39, 0.29) is 16.5 Å². The zero-order chi connectivity index (χ0) is 19.3. The summed E-state index contributed by atoms with van der Waals surface area (Å²) in [5, 5.41) is 13.5. The molecule has 3 rings (SSSR count). The van der Waals surface area contributed by atoms with Gasteiger partial charge in [0.25, 0.3) is 0 Å². The molecule has 27 heavy (non-hydrogen) atoms. The molecular formula is C16H20N6O4S. The van der Waals surface area contributed by atoms with Crippen LogP contribution in [0, 0.1) is 10.1 Å². The number of rotatable bonds is 8. The predicted molar refractivity (Wildman–Crippen MR) is 99.3 cm³/mol. The Hall–Kier alpha value is -2.63. The first kappa shape index (κ1) is 19.1. The SMILES string of the molecule is O=[N+]([O-])c1cnc(Nc2ccc(S(=O)(=O)NCCN3CCCC3)cc2)nc1. The Labute approximate surface area is 156 Å². The number of anilines is 2. The van der Waals surface area contributed by atoms with Crippen molar-refractivity contribution in [2.24, 2.45) is 0 Å². The second-order valence-corrected chi connectivity index (χ2v) is 7.88. The third-order valence-electron chi connectivity index (χ3n) is 4.19. The van der Waals surface area contributed by atoms with E-state index in [1.807, 2.05) is 0 Å². The van der Waals surface area contributed by atoms with E-state index in [2.05, 4.69) is 24.9 Å². The van der Waals surface area contributed by atoms with Gasteiger partial charge in [-0.15, -0.1) is 0 Å². The van der Waals surface area contributed by atoms with Crippen LogP contribution in [-0.4, -0.2) is 54.4 Å². The summed E-state index contributed by atoms with van der Waals surface area (Å²) in [6, 6.07) is 6.12. The van der Waals surface area contributed by atoms with Crippen molar-refractivity contribution in [3.8, 4) is 0 Å². The average molecular weight is 392 g/mol. The van der Waals surface area contributed by atoms with Crippen molar-refractivity contribution < 1.29 is 13.3 Å². The fourth-order valence-electron chi connectivity index (χ4n) is 2.75. The van der Waals surface area contributed by atoms with Crippen molar-refractivity contribution >= 4 is 27.3 Å². The fraction of sp³-hybridized carbons (Fsp3) is 0.375. The minimum Gasteiger partial charge on any atom is -0.324 e. The first-order valence-corrected chi connectivity index (χ1v) is 9.98. The van der Waals surface area contributed by atoms with Crippen molar-refractivity contribution in [3.63, 3.8) is 0 Å². The van der Waals surface area contributed by atoms with Gasteiger partial charge in [0, 0.05) is 18.8 Å². The lowest BCUT2D eigenvalue weighted by molar-refractivity contribution is -0.385. The summed E-state index contributed by atoms with van der Waals surface area (Å²) in [6.07, 6.45) is 4.52. The Morgan fingerprint density at radius 3 is 2.33 bits per heavy atom. The predicted octanol–water partition coefficient (Wildman–Crippen LogP) is 1.50. The van der Waals surface area contributed by atoms with Crippen LogP contribution in [0.15, 0.2) is 41.6 Å². The van der Waals surface area contributed by atoms with E-state index in [0.29, 0.717) is 18.8 Å². The van der Waals surface area contributed by atoms with Gasteiger partial charge in [0.2, 0.25) is 16.0 Å². The lowest BCUT2D eigenvalue weighted by Crippen LogP contribution is -2.33. The summed E-state index contributed by atoms with van der Waals surface area (Å²) in [5.74, 6) is 0.181. The minimum absolute atomic E-state index is 0.166. The van der Waals surface area contributed by atoms with Gasteiger partial charge in [-0.25, -0.2) is 23.1 Å². The molecule has 2 heterocycles. The van der Waals surface area contributed by atoms with E-state index in [0.717, 1.165) is 25.5 Å². The van der Waals surface area contributed by atoms with Crippen molar-refractivity contribution in [2.45, 2.75) is 17.7 Å². The summed E-state index contributed by atoms with van der Waals surface area (Å²) < 4.78 is 27.3. The number of nitro groups is 1. The zero-order valence-electron chi connectivity index (χ0n) is 14.5. The normalized spacial score (nSPS) is 15.0. The third kappa shape index (κ3) is 5.18. The van der Waals surface area contributed by atoms with Crippen molar-refractivity contribution in [3.05, 3.63) is 46.8 Å². The van der Waals surface area contributed by atoms with Gasteiger partial charge >= 0.3 is 5.69 Å². The Morgan fingerprint density at radius 1 is 1.11 bits per heavy atom. The van der Waals surface area contributed by atoms with E-state index in [1.54, 1.807) is 12.1 Å². The van der Waals surface area contributed by atoms with Gasteiger partial charge in [-0.2, -0.15) is 0 Å². The van der Waals surface area contributed by atoms with E-state index < -0.39 is 14.9 Å². The van der Waals surface area contributed by atoms with Crippen LogP contribution in [0.2, 0.25) is 0 Å². The quantitative estimate of drug-likeness (QED) is 0.510. The average Bonchev–Trinajstić information content (AvgIpc) is 3.16. The maximum atomic E-state index is 12.3. The van der Waals surface area contributed by atoms with E-state index >= 15 is 0 Å². The first-order chi connectivity index (χ1) is 12.9. The summed E-state index contributed by atoms with van der Waals surface area (Å²) >= 11 is 0. The number of sulfonamides is 1. The number of hydrogen-bond donors (Lipinski definition) is 2. The molecule has 1 aliphatic heterocycles. The lowest BCUT2D eigenvalue weighted by Gasteiger charge is -2.15. The number of hydrogen-bond acceptors (Lipinski definition) is 8. The van der Waals surface area contributed by atoms with Crippen LogP contribution in [0.3, 0.4) is 0 Å². The second kappa shape index (κ2) is 8.37. The minimum atomic E-state index is -3.57. The Balaban J connectivity index is 1.57. The molecule has 11 heteroatoms. The Kier molecular flexibility index (Phi) is 5.94. The van der Waals surface area contributed by atoms with E-state index in [1.165, 1.54) is 25.0 Å². The van der Waals surface area contributed by atoms with Gasteiger partial charge in [-0.05, 0) is 50.2 Å². The molecule has 2 aromatic rings. The Bertz CT molecular complexity index is 880. The number of benzene rings is 1. The van der Waals surface area contributed by atoms with Gasteiger partial charge in [0.05, 0.1) is 9.82 Å². The highest BCUT2D eigenvalue weighted by atomic mass is 32.2. The molecular weight excluding hydrogens is 372 g/mol. The molecule has 0 saturated carbocycles. The summed E-state index contributed by atoms with van der Waals surface area (Å²) in [4.78, 5) is 20.1. The highest BCUT2D eigenvalue weighted by molar-refractivity contribution is 7.89. The molecule has 1 aromatic carbocycles. The van der Waals surface area contributed by atoms with Gasteiger partial charge in [-0.1, -0.05) is 0 Å². The zero-order valence-corrected chi connectivity index (χ0v) is 15.4. The molecule has 0 aliphatic carbocycles. The lowest BCUT2D eigenvalue weighted by atomic mass is 10.3. The van der Waals surface area contributed by atoms with Gasteiger partial charge in [0.15, 0.2) is 0 Å². The van der Waals surface area contributed by atoms with Crippen molar-refractivity contribution in [2.75, 3.05) is 31.5 Å². The molecule has 0 amide bonds. The van der Waals surface area contributed by atoms with Gasteiger partial charge < -0.3 is 10.2 Å². The van der Waals surface area contributed by atoms with Crippen LogP contribution in [-0.2, 0) is 10.0 Å². The molecule has 1 aromatic heterocycles. The number of nitrogens with one attached hydrogen (secondary N) is 2. The van der Waals surface area contributed by atoms with Gasteiger partial charge in [-0.3, -0.25) is 10.1 Å². The number of aromatic nitrogens is 2. The largest absolute Gasteiger partial charge is 0.324 e. The van der Waals surface area contributed by atoms with Crippen molar-refractivity contribution in [1.82, 2.24) is 19.6 Å². The third-order valence-corrected chi connectivity index (χ3v) is 5.67. The van der Waals surface area contributed by atoms with Gasteiger partial charge in [0.1, 0.15) is 12.4 Å². The molecule has 0 unspecified atom stereocenters. The van der Waals surface area contributed by atoms with Crippen LogP contribution in [0.25, 0.3) is 0 Å². The standard InChI is InChI=1S/C16H20N6O4S/c23-22(24)14-11-17-16(18-12-14)20-13-3-5-15(6-4-13)27(25,26)19-7-10-21-8-1-2-9-21/h3-6,11-12,19H,1-2,7-10H2,(H,17,18,20). The van der Waals surface area contributed by atoms with E-state index in [4.69, 9.17) is 0 Å². The molecule has 0 bridgehead atoms. The molecule has 10 nitrogen and oxygen atoms in total. The first-order valence-electron chi connectivity index (χ1n) is 8.49. The summed E-state index contributed by atoms with van der Waals surface area (Å²) in [6.45, 7) is 3.12. The molecule has 0 radical (unpaired) electrons. The molecule has 2 N–H and O–H groups in total. The smallest absolute Gasteiger partial charge is 0.305 e. The summed E-state index contributed by atoms with van der Waals surface area (Å²) in [7, 11) is -3.57. The van der Waals surface area contributed by atoms with Crippen LogP contribution < -0.4 is 10.0 Å². The van der Waals surface area contributed by atoms with Crippen LogP contribution >= 0.6 is 0 Å². The molecule has 1 fully saturated rings. The maximum absolute atomic E-state index is 12.3.